The maximum atomic E-state index is 9.48. The Morgan fingerprint density at radius 1 is 1.29 bits per heavy atom. The topological polar surface area (TPSA) is 52.5 Å². The van der Waals surface area contributed by atoms with Crippen LogP contribution < -0.4 is 5.32 Å². The second-order valence-electron chi connectivity index (χ2n) is 5.30. The van der Waals surface area contributed by atoms with E-state index in [1.54, 1.807) is 12.1 Å². The summed E-state index contributed by atoms with van der Waals surface area (Å²) in [5.74, 6) is 0.301. The number of aromatic hydroxyl groups is 1. The van der Waals surface area contributed by atoms with Crippen LogP contribution in [-0.4, -0.2) is 28.4 Å². The summed E-state index contributed by atoms with van der Waals surface area (Å²) < 4.78 is 0. The van der Waals surface area contributed by atoms with Gasteiger partial charge in [0.2, 0.25) is 0 Å². The van der Waals surface area contributed by atoms with Crippen LogP contribution >= 0.6 is 0 Å². The second-order valence-corrected chi connectivity index (χ2v) is 5.30. The third-order valence-electron chi connectivity index (χ3n) is 3.38. The van der Waals surface area contributed by atoms with E-state index in [1.807, 2.05) is 12.1 Å². The van der Waals surface area contributed by atoms with Crippen LogP contribution in [0.3, 0.4) is 0 Å². The molecule has 2 rings (SSSR count). The van der Waals surface area contributed by atoms with Crippen molar-refractivity contribution in [2.75, 3.05) is 6.61 Å². The predicted octanol–water partition coefficient (Wildman–Crippen LogP) is 1.83. The fourth-order valence-electron chi connectivity index (χ4n) is 2.00. The molecular formula is C14H21NO2. The van der Waals surface area contributed by atoms with E-state index in [0.717, 1.165) is 12.8 Å². The summed E-state index contributed by atoms with van der Waals surface area (Å²) in [6.07, 6.45) is 4.28. The molecule has 0 amide bonds. The number of phenols is 1. The number of aryl methyl sites for hydroxylation is 1. The highest BCUT2D eigenvalue weighted by Gasteiger charge is 2.31. The first kappa shape index (κ1) is 12.4. The van der Waals surface area contributed by atoms with Crippen molar-refractivity contribution in [2.45, 2.75) is 44.2 Å². The van der Waals surface area contributed by atoms with Crippen LogP contribution in [0.15, 0.2) is 24.3 Å². The average molecular weight is 235 g/mol. The fourth-order valence-corrected chi connectivity index (χ4v) is 2.00. The fraction of sp³-hybridized carbons (Fsp3) is 0.571. The van der Waals surface area contributed by atoms with Crippen LogP contribution in [0.4, 0.5) is 0 Å². The maximum Gasteiger partial charge on any atom is 0.115 e. The Morgan fingerprint density at radius 3 is 2.47 bits per heavy atom. The predicted molar refractivity (Wildman–Crippen MR) is 68.1 cm³/mol. The molecule has 1 saturated carbocycles. The molecule has 1 aliphatic carbocycles. The summed E-state index contributed by atoms with van der Waals surface area (Å²) in [7, 11) is 0. The molecule has 0 aliphatic heterocycles. The Hall–Kier alpha value is -1.06. The van der Waals surface area contributed by atoms with Crippen molar-refractivity contribution in [3.8, 4) is 5.75 Å². The van der Waals surface area contributed by atoms with Gasteiger partial charge in [-0.1, -0.05) is 12.1 Å². The number of phenolic OH excluding ortho intramolecular Hbond substituents is 1. The third-order valence-corrected chi connectivity index (χ3v) is 3.38. The van der Waals surface area contributed by atoms with Gasteiger partial charge in [0.25, 0.3) is 0 Å². The zero-order valence-electron chi connectivity index (χ0n) is 10.3. The SMILES string of the molecule is CC(CO)(CCc1ccc(O)cc1)NC1CC1. The van der Waals surface area contributed by atoms with Crippen molar-refractivity contribution in [3.05, 3.63) is 29.8 Å². The van der Waals surface area contributed by atoms with E-state index in [-0.39, 0.29) is 12.1 Å². The molecule has 1 unspecified atom stereocenters. The highest BCUT2D eigenvalue weighted by atomic mass is 16.3. The number of hydrogen-bond donors (Lipinski definition) is 3. The first-order chi connectivity index (χ1) is 8.11. The van der Waals surface area contributed by atoms with E-state index in [2.05, 4.69) is 12.2 Å². The smallest absolute Gasteiger partial charge is 0.115 e. The van der Waals surface area contributed by atoms with Gasteiger partial charge >= 0.3 is 0 Å². The Kier molecular flexibility index (Phi) is 3.69. The van der Waals surface area contributed by atoms with E-state index in [9.17, 15) is 10.2 Å². The number of nitrogens with one attached hydrogen (secondary N) is 1. The molecule has 1 fully saturated rings. The quantitative estimate of drug-likeness (QED) is 0.705. The van der Waals surface area contributed by atoms with E-state index < -0.39 is 0 Å². The number of rotatable bonds is 6. The molecule has 0 aromatic heterocycles. The van der Waals surface area contributed by atoms with Gasteiger partial charge in [0, 0.05) is 11.6 Å². The highest BCUT2D eigenvalue weighted by molar-refractivity contribution is 5.26. The molecule has 0 bridgehead atoms. The minimum atomic E-state index is -0.181. The number of hydrogen-bond acceptors (Lipinski definition) is 3. The van der Waals surface area contributed by atoms with Crippen molar-refractivity contribution in [3.63, 3.8) is 0 Å². The highest BCUT2D eigenvalue weighted by Crippen LogP contribution is 2.25. The minimum Gasteiger partial charge on any atom is -0.508 e. The molecule has 94 valence electrons. The second kappa shape index (κ2) is 5.07. The Balaban J connectivity index is 1.88. The molecule has 3 heteroatoms. The van der Waals surface area contributed by atoms with Crippen LogP contribution in [0.2, 0.25) is 0 Å². The third kappa shape index (κ3) is 3.72. The van der Waals surface area contributed by atoms with Gasteiger partial charge in [-0.3, -0.25) is 0 Å². The van der Waals surface area contributed by atoms with Gasteiger partial charge in [0.15, 0.2) is 0 Å². The van der Waals surface area contributed by atoms with Crippen LogP contribution in [0.5, 0.6) is 5.75 Å². The monoisotopic (exact) mass is 235 g/mol. The molecular weight excluding hydrogens is 214 g/mol. The molecule has 0 radical (unpaired) electrons. The molecule has 0 heterocycles. The lowest BCUT2D eigenvalue weighted by Gasteiger charge is -2.29. The summed E-state index contributed by atoms with van der Waals surface area (Å²) in [5, 5.41) is 22.2. The normalized spacial score (nSPS) is 18.9. The number of aliphatic hydroxyl groups excluding tert-OH is 1. The molecule has 1 aliphatic rings. The Bertz CT molecular complexity index is 359. The lowest BCUT2D eigenvalue weighted by Crippen LogP contribution is -2.47. The van der Waals surface area contributed by atoms with Crippen molar-refractivity contribution >= 4 is 0 Å². The van der Waals surface area contributed by atoms with Gasteiger partial charge in [0.05, 0.1) is 6.61 Å². The summed E-state index contributed by atoms with van der Waals surface area (Å²) in [6.45, 7) is 2.24. The molecule has 1 atom stereocenters. The summed E-state index contributed by atoms with van der Waals surface area (Å²) in [4.78, 5) is 0. The van der Waals surface area contributed by atoms with Crippen molar-refractivity contribution in [2.24, 2.45) is 0 Å². The largest absolute Gasteiger partial charge is 0.508 e. The van der Waals surface area contributed by atoms with Crippen LogP contribution in [-0.2, 0) is 6.42 Å². The van der Waals surface area contributed by atoms with Crippen LogP contribution in [0.25, 0.3) is 0 Å². The van der Waals surface area contributed by atoms with E-state index in [1.165, 1.54) is 18.4 Å². The van der Waals surface area contributed by atoms with Crippen molar-refractivity contribution < 1.29 is 10.2 Å². The lowest BCUT2D eigenvalue weighted by atomic mass is 9.94. The summed E-state index contributed by atoms with van der Waals surface area (Å²) in [6, 6.07) is 7.89. The first-order valence-electron chi connectivity index (χ1n) is 6.28. The van der Waals surface area contributed by atoms with Crippen molar-refractivity contribution in [1.82, 2.24) is 5.32 Å². The van der Waals surface area contributed by atoms with Gasteiger partial charge < -0.3 is 15.5 Å². The van der Waals surface area contributed by atoms with Gasteiger partial charge in [0.1, 0.15) is 5.75 Å². The number of benzene rings is 1. The molecule has 3 N–H and O–H groups in total. The molecule has 17 heavy (non-hydrogen) atoms. The minimum absolute atomic E-state index is 0.168. The standard InChI is InChI=1S/C14H21NO2/c1-14(10-16,15-12-4-5-12)9-8-11-2-6-13(17)7-3-11/h2-3,6-7,12,15-17H,4-5,8-10H2,1H3. The molecule has 1 aromatic rings. The first-order valence-corrected chi connectivity index (χ1v) is 6.28. The average Bonchev–Trinajstić information content (AvgIpc) is 3.12. The van der Waals surface area contributed by atoms with Gasteiger partial charge in [-0.25, -0.2) is 0 Å². The van der Waals surface area contributed by atoms with E-state index >= 15 is 0 Å². The van der Waals surface area contributed by atoms with Crippen LogP contribution in [0, 0.1) is 0 Å². The van der Waals surface area contributed by atoms with Gasteiger partial charge in [-0.15, -0.1) is 0 Å². The Labute approximate surface area is 102 Å². The van der Waals surface area contributed by atoms with Gasteiger partial charge in [-0.05, 0) is 50.3 Å². The van der Waals surface area contributed by atoms with Gasteiger partial charge in [-0.2, -0.15) is 0 Å². The van der Waals surface area contributed by atoms with E-state index in [4.69, 9.17) is 0 Å². The van der Waals surface area contributed by atoms with E-state index in [0.29, 0.717) is 11.8 Å². The maximum absolute atomic E-state index is 9.48. The number of aliphatic hydroxyl groups is 1. The lowest BCUT2D eigenvalue weighted by molar-refractivity contribution is 0.164. The van der Waals surface area contributed by atoms with Crippen LogP contribution in [0.1, 0.15) is 31.7 Å². The van der Waals surface area contributed by atoms with Crippen molar-refractivity contribution in [1.29, 1.82) is 0 Å². The zero-order valence-corrected chi connectivity index (χ0v) is 10.3. The molecule has 0 saturated heterocycles. The molecule has 3 nitrogen and oxygen atoms in total. The Morgan fingerprint density at radius 2 is 1.94 bits per heavy atom. The molecule has 1 aromatic carbocycles. The summed E-state index contributed by atoms with van der Waals surface area (Å²) >= 11 is 0. The molecule has 0 spiro atoms. The zero-order chi connectivity index (χ0) is 12.3. The summed E-state index contributed by atoms with van der Waals surface area (Å²) in [5.41, 5.74) is 1.01.